The molecule has 0 aliphatic carbocycles. The Morgan fingerprint density at radius 2 is 1.28 bits per heavy atom. The molecule has 0 unspecified atom stereocenters. The van der Waals surface area contributed by atoms with E-state index in [4.69, 9.17) is 11.6 Å². The molecular formula is C30H26ClN3O2. The van der Waals surface area contributed by atoms with E-state index in [2.05, 4.69) is 10.2 Å². The van der Waals surface area contributed by atoms with Crippen molar-refractivity contribution in [2.75, 3.05) is 36.4 Å². The van der Waals surface area contributed by atoms with Gasteiger partial charge in [-0.2, -0.15) is 0 Å². The lowest BCUT2D eigenvalue weighted by atomic mass is 10.0. The van der Waals surface area contributed by atoms with Crippen LogP contribution in [0.4, 0.5) is 11.4 Å². The van der Waals surface area contributed by atoms with Crippen molar-refractivity contribution in [2.45, 2.75) is 0 Å². The second-order valence-corrected chi connectivity index (χ2v) is 9.12. The van der Waals surface area contributed by atoms with Gasteiger partial charge in [-0.15, -0.1) is 0 Å². The van der Waals surface area contributed by atoms with Crippen LogP contribution >= 0.6 is 11.6 Å². The number of benzene rings is 4. The van der Waals surface area contributed by atoms with Crippen LogP contribution in [0, 0.1) is 0 Å². The van der Waals surface area contributed by atoms with E-state index in [0.29, 0.717) is 48.0 Å². The van der Waals surface area contributed by atoms with E-state index in [1.165, 1.54) is 0 Å². The number of nitrogens with one attached hydrogen (secondary N) is 1. The zero-order chi connectivity index (χ0) is 24.9. The van der Waals surface area contributed by atoms with Crippen molar-refractivity contribution in [3.63, 3.8) is 0 Å². The average Bonchev–Trinajstić information content (AvgIpc) is 2.94. The molecule has 6 heteroatoms. The number of piperazine rings is 1. The Hall–Kier alpha value is -4.09. The van der Waals surface area contributed by atoms with E-state index in [-0.39, 0.29) is 11.8 Å². The van der Waals surface area contributed by atoms with E-state index in [9.17, 15) is 9.59 Å². The van der Waals surface area contributed by atoms with Gasteiger partial charge in [0.2, 0.25) is 0 Å². The van der Waals surface area contributed by atoms with Gasteiger partial charge in [0.1, 0.15) is 0 Å². The molecule has 0 saturated carbocycles. The van der Waals surface area contributed by atoms with Crippen LogP contribution in [0.25, 0.3) is 11.1 Å². The van der Waals surface area contributed by atoms with Crippen molar-refractivity contribution in [1.82, 2.24) is 4.90 Å². The lowest BCUT2D eigenvalue weighted by Gasteiger charge is -2.36. The van der Waals surface area contributed by atoms with Gasteiger partial charge in [0, 0.05) is 43.0 Å². The number of hydrogen-bond donors (Lipinski definition) is 1. The number of carbonyl (C=O) groups excluding carboxylic acids is 2. The van der Waals surface area contributed by atoms with Gasteiger partial charge in [-0.25, -0.2) is 0 Å². The molecule has 5 nitrogen and oxygen atoms in total. The van der Waals surface area contributed by atoms with Crippen LogP contribution in [0.3, 0.4) is 0 Å². The smallest absolute Gasteiger partial charge is 0.255 e. The monoisotopic (exact) mass is 495 g/mol. The summed E-state index contributed by atoms with van der Waals surface area (Å²) in [6, 6.07) is 32.5. The second-order valence-electron chi connectivity index (χ2n) is 8.71. The predicted molar refractivity (Wildman–Crippen MR) is 146 cm³/mol. The molecule has 1 aliphatic rings. The number of halogens is 1. The van der Waals surface area contributed by atoms with Crippen LogP contribution < -0.4 is 10.2 Å². The normalized spacial score (nSPS) is 13.4. The molecule has 0 aromatic heterocycles. The van der Waals surface area contributed by atoms with Crippen molar-refractivity contribution >= 4 is 34.8 Å². The van der Waals surface area contributed by atoms with E-state index in [1.54, 1.807) is 6.07 Å². The topological polar surface area (TPSA) is 52.7 Å². The fourth-order valence-electron chi connectivity index (χ4n) is 4.40. The SMILES string of the molecule is O=C(Nc1ccc(N2CCN(C(=O)c3ccccc3)CC2)c(Cl)c1)c1ccc(-c2ccccc2)cc1. The van der Waals surface area contributed by atoms with Gasteiger partial charge in [-0.3, -0.25) is 9.59 Å². The molecular weight excluding hydrogens is 470 g/mol. The molecule has 5 rings (SSSR count). The maximum atomic E-state index is 12.8. The summed E-state index contributed by atoms with van der Waals surface area (Å²) in [7, 11) is 0. The first-order chi connectivity index (χ1) is 17.6. The molecule has 1 N–H and O–H groups in total. The number of anilines is 2. The zero-order valence-corrected chi connectivity index (χ0v) is 20.5. The average molecular weight is 496 g/mol. The van der Waals surface area contributed by atoms with Crippen LogP contribution in [0.15, 0.2) is 103 Å². The van der Waals surface area contributed by atoms with E-state index < -0.39 is 0 Å². The highest BCUT2D eigenvalue weighted by Crippen LogP contribution is 2.30. The van der Waals surface area contributed by atoms with Gasteiger partial charge in [-0.1, -0.05) is 72.3 Å². The van der Waals surface area contributed by atoms with Crippen LogP contribution in [-0.2, 0) is 0 Å². The third kappa shape index (κ3) is 5.26. The number of hydrogen-bond acceptors (Lipinski definition) is 3. The lowest BCUT2D eigenvalue weighted by Crippen LogP contribution is -2.48. The van der Waals surface area contributed by atoms with Crippen molar-refractivity contribution in [2.24, 2.45) is 0 Å². The fraction of sp³-hybridized carbons (Fsp3) is 0.133. The second kappa shape index (κ2) is 10.7. The van der Waals surface area contributed by atoms with Gasteiger partial charge in [0.15, 0.2) is 0 Å². The highest BCUT2D eigenvalue weighted by molar-refractivity contribution is 6.33. The molecule has 0 spiro atoms. The first-order valence-electron chi connectivity index (χ1n) is 11.9. The minimum absolute atomic E-state index is 0.0520. The summed E-state index contributed by atoms with van der Waals surface area (Å²) in [6.07, 6.45) is 0. The quantitative estimate of drug-likeness (QED) is 0.357. The number of nitrogens with zero attached hydrogens (tertiary/aromatic N) is 2. The zero-order valence-electron chi connectivity index (χ0n) is 19.7. The molecule has 36 heavy (non-hydrogen) atoms. The summed E-state index contributed by atoms with van der Waals surface area (Å²) in [4.78, 5) is 29.5. The predicted octanol–water partition coefficient (Wildman–Crippen LogP) is 6.22. The van der Waals surface area contributed by atoms with Crippen molar-refractivity contribution < 1.29 is 9.59 Å². The van der Waals surface area contributed by atoms with Crippen LogP contribution in [0.2, 0.25) is 5.02 Å². The minimum atomic E-state index is -0.188. The highest BCUT2D eigenvalue weighted by atomic mass is 35.5. The number of rotatable bonds is 5. The third-order valence-electron chi connectivity index (χ3n) is 6.39. The molecule has 1 fully saturated rings. The standard InChI is InChI=1S/C30H26ClN3O2/c31-27-21-26(32-29(35)24-13-11-23(12-14-24)22-7-3-1-4-8-22)15-16-28(27)33-17-19-34(20-18-33)30(36)25-9-5-2-6-10-25/h1-16,21H,17-20H2,(H,32,35). The Morgan fingerprint density at radius 1 is 0.667 bits per heavy atom. The summed E-state index contributed by atoms with van der Waals surface area (Å²) in [6.45, 7) is 2.64. The summed E-state index contributed by atoms with van der Waals surface area (Å²) < 4.78 is 0. The minimum Gasteiger partial charge on any atom is -0.367 e. The number of amides is 2. The maximum absolute atomic E-state index is 12.8. The largest absolute Gasteiger partial charge is 0.367 e. The molecule has 1 aliphatic heterocycles. The first-order valence-corrected chi connectivity index (χ1v) is 12.3. The molecule has 4 aromatic carbocycles. The van der Waals surface area contributed by atoms with Crippen molar-refractivity contribution in [3.8, 4) is 11.1 Å². The first kappa shape index (κ1) is 23.6. The Balaban J connectivity index is 1.20. The molecule has 0 atom stereocenters. The van der Waals surface area contributed by atoms with E-state index in [1.807, 2.05) is 102 Å². The van der Waals surface area contributed by atoms with Crippen molar-refractivity contribution in [1.29, 1.82) is 0 Å². The maximum Gasteiger partial charge on any atom is 0.255 e. The lowest BCUT2D eigenvalue weighted by molar-refractivity contribution is 0.0746. The molecule has 0 radical (unpaired) electrons. The van der Waals surface area contributed by atoms with Gasteiger partial charge < -0.3 is 15.1 Å². The van der Waals surface area contributed by atoms with Crippen LogP contribution in [0.5, 0.6) is 0 Å². The molecule has 2 amide bonds. The molecule has 1 saturated heterocycles. The fourth-order valence-corrected chi connectivity index (χ4v) is 4.70. The third-order valence-corrected chi connectivity index (χ3v) is 6.69. The Kier molecular flexibility index (Phi) is 7.01. The molecule has 180 valence electrons. The summed E-state index contributed by atoms with van der Waals surface area (Å²) in [5.41, 5.74) is 4.99. The number of carbonyl (C=O) groups is 2. The molecule has 0 bridgehead atoms. The Labute approximate surface area is 215 Å². The van der Waals surface area contributed by atoms with Gasteiger partial charge in [0.05, 0.1) is 10.7 Å². The summed E-state index contributed by atoms with van der Waals surface area (Å²) >= 11 is 6.60. The van der Waals surface area contributed by atoms with E-state index >= 15 is 0 Å². The highest BCUT2D eigenvalue weighted by Gasteiger charge is 2.23. The van der Waals surface area contributed by atoms with Gasteiger partial charge >= 0.3 is 0 Å². The van der Waals surface area contributed by atoms with Crippen molar-refractivity contribution in [3.05, 3.63) is 119 Å². The van der Waals surface area contributed by atoms with E-state index in [0.717, 1.165) is 16.8 Å². The van der Waals surface area contributed by atoms with Crippen LogP contribution in [0.1, 0.15) is 20.7 Å². The molecule has 1 heterocycles. The summed E-state index contributed by atoms with van der Waals surface area (Å²) in [5, 5.41) is 3.50. The van der Waals surface area contributed by atoms with Crippen LogP contribution in [-0.4, -0.2) is 42.9 Å². The Bertz CT molecular complexity index is 1350. The van der Waals surface area contributed by atoms with Gasteiger partial charge in [-0.05, 0) is 53.6 Å². The molecule has 4 aromatic rings. The summed E-state index contributed by atoms with van der Waals surface area (Å²) in [5.74, 6) is -0.136. The Morgan fingerprint density at radius 3 is 1.92 bits per heavy atom. The van der Waals surface area contributed by atoms with Gasteiger partial charge in [0.25, 0.3) is 11.8 Å².